The molecule has 0 spiro atoms. The van der Waals surface area contributed by atoms with Crippen molar-refractivity contribution in [3.63, 3.8) is 0 Å². The van der Waals surface area contributed by atoms with Crippen molar-refractivity contribution < 1.29 is 0 Å². The third-order valence-electron chi connectivity index (χ3n) is 1.41. The molecule has 0 saturated carbocycles. The lowest BCUT2D eigenvalue weighted by Gasteiger charge is -2.06. The van der Waals surface area contributed by atoms with Crippen LogP contribution in [0.3, 0.4) is 0 Å². The maximum atomic E-state index is 5.61. The quantitative estimate of drug-likeness (QED) is 0.622. The molecular formula is C7H12N4. The Bertz CT molecular complexity index is 257. The van der Waals surface area contributed by atoms with Gasteiger partial charge in [0.05, 0.1) is 17.6 Å². The van der Waals surface area contributed by atoms with Crippen LogP contribution in [0.4, 0.5) is 11.6 Å². The molecule has 0 aliphatic heterocycles. The summed E-state index contributed by atoms with van der Waals surface area (Å²) in [6.45, 7) is 4.02. The Kier molecular flexibility index (Phi) is 1.94. The van der Waals surface area contributed by atoms with E-state index in [0.29, 0.717) is 11.6 Å². The largest absolute Gasteiger partial charge is 0.396 e. The van der Waals surface area contributed by atoms with Gasteiger partial charge in [-0.2, -0.15) is 0 Å². The average molecular weight is 152 g/mol. The van der Waals surface area contributed by atoms with Gasteiger partial charge in [-0.05, 0) is 5.92 Å². The van der Waals surface area contributed by atoms with E-state index < -0.39 is 0 Å². The maximum Gasteiger partial charge on any atom is 0.220 e. The molecular weight excluding hydrogens is 140 g/mol. The van der Waals surface area contributed by atoms with Crippen LogP contribution in [-0.4, -0.2) is 9.97 Å². The van der Waals surface area contributed by atoms with Crippen molar-refractivity contribution in [3.8, 4) is 0 Å². The first-order chi connectivity index (χ1) is 5.11. The Hall–Kier alpha value is -1.32. The molecule has 0 radical (unpaired) electrons. The van der Waals surface area contributed by atoms with Crippen LogP contribution in [0.2, 0.25) is 0 Å². The lowest BCUT2D eigenvalue weighted by molar-refractivity contribution is 0.822. The Morgan fingerprint density at radius 2 is 2.00 bits per heavy atom. The smallest absolute Gasteiger partial charge is 0.220 e. The van der Waals surface area contributed by atoms with Gasteiger partial charge in [0.15, 0.2) is 0 Å². The molecule has 0 unspecified atom stereocenters. The third-order valence-corrected chi connectivity index (χ3v) is 1.41. The van der Waals surface area contributed by atoms with E-state index in [4.69, 9.17) is 11.5 Å². The molecule has 1 heterocycles. The molecule has 1 aromatic rings. The molecule has 4 nitrogen and oxygen atoms in total. The average Bonchev–Trinajstić information content (AvgIpc) is 1.94. The van der Waals surface area contributed by atoms with Crippen molar-refractivity contribution in [2.45, 2.75) is 19.8 Å². The molecule has 0 aliphatic rings. The Balaban J connectivity index is 3.13. The molecule has 0 aromatic carbocycles. The van der Waals surface area contributed by atoms with Crippen molar-refractivity contribution in [2.75, 3.05) is 11.5 Å². The minimum atomic E-state index is 0.280. The second kappa shape index (κ2) is 2.74. The number of hydrogen-bond donors (Lipinski definition) is 2. The van der Waals surface area contributed by atoms with Crippen LogP contribution in [0.25, 0.3) is 0 Å². The number of nitrogens with two attached hydrogens (primary N) is 2. The fourth-order valence-corrected chi connectivity index (χ4v) is 0.881. The van der Waals surface area contributed by atoms with Crippen LogP contribution in [0.1, 0.15) is 25.5 Å². The number of nitrogens with zero attached hydrogens (tertiary/aromatic N) is 2. The molecule has 1 aromatic heterocycles. The fraction of sp³-hybridized carbons (Fsp3) is 0.429. The molecule has 0 amide bonds. The Morgan fingerprint density at radius 1 is 1.36 bits per heavy atom. The molecule has 0 saturated heterocycles. The normalized spacial score (nSPS) is 10.5. The molecule has 1 rings (SSSR count). The first kappa shape index (κ1) is 7.78. The summed E-state index contributed by atoms with van der Waals surface area (Å²) in [5.74, 6) is 0.572. The fourth-order valence-electron chi connectivity index (χ4n) is 0.881. The van der Waals surface area contributed by atoms with E-state index in [1.807, 2.05) is 13.8 Å². The number of rotatable bonds is 1. The first-order valence-electron chi connectivity index (χ1n) is 3.49. The van der Waals surface area contributed by atoms with Gasteiger partial charge in [0.25, 0.3) is 0 Å². The summed E-state index contributed by atoms with van der Waals surface area (Å²) in [6.07, 6.45) is 1.54. The highest BCUT2D eigenvalue weighted by Gasteiger charge is 2.05. The summed E-state index contributed by atoms with van der Waals surface area (Å²) in [5.41, 5.74) is 12.4. The van der Waals surface area contributed by atoms with Crippen LogP contribution < -0.4 is 11.5 Å². The zero-order valence-corrected chi connectivity index (χ0v) is 6.70. The summed E-state index contributed by atoms with van der Waals surface area (Å²) in [6, 6.07) is 0. The van der Waals surface area contributed by atoms with Crippen LogP contribution in [0.15, 0.2) is 6.20 Å². The zero-order chi connectivity index (χ0) is 8.43. The summed E-state index contributed by atoms with van der Waals surface area (Å²) in [7, 11) is 0. The van der Waals surface area contributed by atoms with E-state index in [0.717, 1.165) is 5.69 Å². The van der Waals surface area contributed by atoms with E-state index in [-0.39, 0.29) is 5.95 Å². The highest BCUT2D eigenvalue weighted by Crippen LogP contribution is 2.18. The van der Waals surface area contributed by atoms with E-state index in [1.165, 1.54) is 6.20 Å². The van der Waals surface area contributed by atoms with Gasteiger partial charge in [-0.1, -0.05) is 13.8 Å². The summed E-state index contributed by atoms with van der Waals surface area (Å²) >= 11 is 0. The molecule has 4 heteroatoms. The van der Waals surface area contributed by atoms with Crippen molar-refractivity contribution in [1.29, 1.82) is 0 Å². The number of nitrogen functional groups attached to an aromatic ring is 2. The SMILES string of the molecule is CC(C)c1nc(N)ncc1N. The molecule has 0 fully saturated rings. The van der Waals surface area contributed by atoms with E-state index in [2.05, 4.69) is 9.97 Å². The van der Waals surface area contributed by atoms with Gasteiger partial charge in [-0.15, -0.1) is 0 Å². The van der Waals surface area contributed by atoms with Gasteiger partial charge in [0.1, 0.15) is 0 Å². The predicted molar refractivity (Wildman–Crippen MR) is 44.9 cm³/mol. The second-order valence-corrected chi connectivity index (χ2v) is 2.72. The molecule has 11 heavy (non-hydrogen) atoms. The summed E-state index contributed by atoms with van der Waals surface area (Å²) < 4.78 is 0. The minimum Gasteiger partial charge on any atom is -0.396 e. The van der Waals surface area contributed by atoms with Gasteiger partial charge in [0.2, 0.25) is 5.95 Å². The van der Waals surface area contributed by atoms with Gasteiger partial charge in [-0.3, -0.25) is 0 Å². The second-order valence-electron chi connectivity index (χ2n) is 2.72. The monoisotopic (exact) mass is 152 g/mol. The summed E-state index contributed by atoms with van der Waals surface area (Å²) in [4.78, 5) is 7.78. The van der Waals surface area contributed by atoms with E-state index in [9.17, 15) is 0 Å². The van der Waals surface area contributed by atoms with Crippen LogP contribution in [-0.2, 0) is 0 Å². The zero-order valence-electron chi connectivity index (χ0n) is 6.70. The van der Waals surface area contributed by atoms with E-state index >= 15 is 0 Å². The number of aromatic nitrogens is 2. The highest BCUT2D eigenvalue weighted by molar-refractivity contribution is 5.44. The van der Waals surface area contributed by atoms with Crippen molar-refractivity contribution in [2.24, 2.45) is 0 Å². The minimum absolute atomic E-state index is 0.280. The molecule has 4 N–H and O–H groups in total. The van der Waals surface area contributed by atoms with Crippen molar-refractivity contribution >= 4 is 11.6 Å². The molecule has 0 aliphatic carbocycles. The van der Waals surface area contributed by atoms with Crippen molar-refractivity contribution in [3.05, 3.63) is 11.9 Å². The van der Waals surface area contributed by atoms with Crippen LogP contribution in [0, 0.1) is 0 Å². The lowest BCUT2D eigenvalue weighted by Crippen LogP contribution is -2.04. The topological polar surface area (TPSA) is 77.8 Å². The van der Waals surface area contributed by atoms with Gasteiger partial charge in [-0.25, -0.2) is 9.97 Å². The van der Waals surface area contributed by atoms with Gasteiger partial charge in [0, 0.05) is 0 Å². The van der Waals surface area contributed by atoms with Crippen LogP contribution >= 0.6 is 0 Å². The predicted octanol–water partition coefficient (Wildman–Crippen LogP) is 0.764. The Morgan fingerprint density at radius 3 is 2.45 bits per heavy atom. The molecule has 0 atom stereocenters. The Labute approximate surface area is 65.6 Å². The van der Waals surface area contributed by atoms with E-state index in [1.54, 1.807) is 0 Å². The third kappa shape index (κ3) is 1.58. The first-order valence-corrected chi connectivity index (χ1v) is 3.49. The highest BCUT2D eigenvalue weighted by atomic mass is 15.0. The molecule has 60 valence electrons. The van der Waals surface area contributed by atoms with Crippen LogP contribution in [0.5, 0.6) is 0 Å². The van der Waals surface area contributed by atoms with Gasteiger partial charge >= 0.3 is 0 Å². The lowest BCUT2D eigenvalue weighted by atomic mass is 10.1. The molecule has 0 bridgehead atoms. The van der Waals surface area contributed by atoms with Gasteiger partial charge < -0.3 is 11.5 Å². The number of hydrogen-bond acceptors (Lipinski definition) is 4. The maximum absolute atomic E-state index is 5.61. The summed E-state index contributed by atoms with van der Waals surface area (Å²) in [5, 5.41) is 0. The standard InChI is InChI=1S/C7H12N4/c1-4(2)6-5(8)3-10-7(9)11-6/h3-4H,8H2,1-2H3,(H2,9,10,11). The number of anilines is 2. The van der Waals surface area contributed by atoms with Crippen molar-refractivity contribution in [1.82, 2.24) is 9.97 Å².